The highest BCUT2D eigenvalue weighted by Crippen LogP contribution is 2.30. The van der Waals surface area contributed by atoms with Gasteiger partial charge in [-0.05, 0) is 44.2 Å². The van der Waals surface area contributed by atoms with Crippen LogP contribution in [0.25, 0.3) is 10.6 Å². The number of nitrogens with zero attached hydrogens (tertiary/aromatic N) is 2. The number of hydrogen-bond donors (Lipinski definition) is 1. The molecule has 0 atom stereocenters. The Hall–Kier alpha value is -2.45. The summed E-state index contributed by atoms with van der Waals surface area (Å²) >= 11 is 4.72. The largest absolute Gasteiger partial charge is 0.490 e. The molecule has 0 saturated heterocycles. The summed E-state index contributed by atoms with van der Waals surface area (Å²) in [6.07, 6.45) is 0. The van der Waals surface area contributed by atoms with E-state index in [1.807, 2.05) is 38.1 Å². The first-order valence-corrected chi connectivity index (χ1v) is 10.0. The fourth-order valence-corrected chi connectivity index (χ4v) is 3.35. The van der Waals surface area contributed by atoms with Crippen molar-refractivity contribution in [2.24, 2.45) is 0 Å². The minimum atomic E-state index is -0.280. The number of rotatable bonds is 7. The Morgan fingerprint density at radius 3 is 2.44 bits per heavy atom. The van der Waals surface area contributed by atoms with E-state index in [1.54, 1.807) is 18.2 Å². The molecule has 1 N–H and O–H groups in total. The van der Waals surface area contributed by atoms with Gasteiger partial charge in [-0.2, -0.15) is 0 Å². The van der Waals surface area contributed by atoms with Gasteiger partial charge in [0.1, 0.15) is 5.01 Å². The number of carbonyl (C=O) groups is 1. The first kappa shape index (κ1) is 19.3. The Labute approximate surface area is 169 Å². The second kappa shape index (κ2) is 8.96. The van der Waals surface area contributed by atoms with E-state index >= 15 is 0 Å². The van der Waals surface area contributed by atoms with Gasteiger partial charge in [-0.1, -0.05) is 39.4 Å². The van der Waals surface area contributed by atoms with Gasteiger partial charge in [-0.25, -0.2) is 0 Å². The molecule has 140 valence electrons. The normalized spacial score (nSPS) is 10.5. The highest BCUT2D eigenvalue weighted by atomic mass is 79.9. The lowest BCUT2D eigenvalue weighted by atomic mass is 10.2. The van der Waals surface area contributed by atoms with Gasteiger partial charge in [-0.3, -0.25) is 10.1 Å². The van der Waals surface area contributed by atoms with Crippen molar-refractivity contribution in [2.45, 2.75) is 13.8 Å². The van der Waals surface area contributed by atoms with Crippen LogP contribution in [0.1, 0.15) is 24.2 Å². The van der Waals surface area contributed by atoms with E-state index in [4.69, 9.17) is 9.47 Å². The lowest BCUT2D eigenvalue weighted by Gasteiger charge is -2.12. The van der Waals surface area contributed by atoms with E-state index in [2.05, 4.69) is 31.4 Å². The van der Waals surface area contributed by atoms with E-state index in [0.717, 1.165) is 15.0 Å². The van der Waals surface area contributed by atoms with Crippen LogP contribution in [0, 0.1) is 0 Å². The van der Waals surface area contributed by atoms with Crippen LogP contribution < -0.4 is 14.8 Å². The first-order chi connectivity index (χ1) is 13.1. The van der Waals surface area contributed by atoms with Crippen molar-refractivity contribution >= 4 is 38.3 Å². The molecule has 1 heterocycles. The number of nitrogens with one attached hydrogen (secondary N) is 1. The summed E-state index contributed by atoms with van der Waals surface area (Å²) in [6, 6.07) is 12.8. The Morgan fingerprint density at radius 1 is 1.04 bits per heavy atom. The van der Waals surface area contributed by atoms with Crippen LogP contribution >= 0.6 is 27.3 Å². The molecule has 1 aromatic heterocycles. The fourth-order valence-electron chi connectivity index (χ4n) is 2.34. The van der Waals surface area contributed by atoms with Crippen LogP contribution in [0.15, 0.2) is 46.9 Å². The standard InChI is InChI=1S/C19H18BrN3O3S/c1-3-25-15-10-7-13(11-16(15)26-4-2)17(24)21-19-23-22-18(27-19)12-5-8-14(20)9-6-12/h5-11H,3-4H2,1-2H3,(H,21,23,24). The zero-order chi connectivity index (χ0) is 19.2. The Bertz CT molecular complexity index is 928. The predicted octanol–water partition coefficient (Wildman–Crippen LogP) is 5.02. The highest BCUT2D eigenvalue weighted by molar-refractivity contribution is 9.10. The predicted molar refractivity (Wildman–Crippen MR) is 110 cm³/mol. The Balaban J connectivity index is 1.75. The van der Waals surface area contributed by atoms with Gasteiger partial charge in [0.15, 0.2) is 11.5 Å². The van der Waals surface area contributed by atoms with Gasteiger partial charge in [-0.15, -0.1) is 10.2 Å². The van der Waals surface area contributed by atoms with Crippen LogP contribution in [0.5, 0.6) is 11.5 Å². The number of aromatic nitrogens is 2. The average Bonchev–Trinajstić information content (AvgIpc) is 3.12. The molecule has 0 spiro atoms. The molecule has 0 saturated carbocycles. The maximum Gasteiger partial charge on any atom is 0.257 e. The molecular weight excluding hydrogens is 430 g/mol. The van der Waals surface area contributed by atoms with Gasteiger partial charge >= 0.3 is 0 Å². The van der Waals surface area contributed by atoms with Gasteiger partial charge < -0.3 is 9.47 Å². The number of hydrogen-bond acceptors (Lipinski definition) is 6. The Kier molecular flexibility index (Phi) is 6.41. The molecule has 6 nitrogen and oxygen atoms in total. The summed E-state index contributed by atoms with van der Waals surface area (Å²) < 4.78 is 12.1. The smallest absolute Gasteiger partial charge is 0.257 e. The zero-order valence-electron chi connectivity index (χ0n) is 14.9. The summed E-state index contributed by atoms with van der Waals surface area (Å²) in [5, 5.41) is 12.1. The fraction of sp³-hybridized carbons (Fsp3) is 0.211. The van der Waals surface area contributed by atoms with Crippen LogP contribution in [0.4, 0.5) is 5.13 Å². The molecule has 0 aliphatic carbocycles. The third-order valence-electron chi connectivity index (χ3n) is 3.54. The lowest BCUT2D eigenvalue weighted by molar-refractivity contribution is 0.102. The minimum Gasteiger partial charge on any atom is -0.490 e. The molecule has 0 bridgehead atoms. The molecule has 3 aromatic rings. The molecule has 8 heteroatoms. The number of ether oxygens (including phenoxy) is 2. The molecule has 0 fully saturated rings. The molecule has 3 rings (SSSR count). The van der Waals surface area contributed by atoms with Crippen molar-refractivity contribution < 1.29 is 14.3 Å². The minimum absolute atomic E-state index is 0.280. The SMILES string of the molecule is CCOc1ccc(C(=O)Nc2nnc(-c3ccc(Br)cc3)s2)cc1OCC. The van der Waals surface area contributed by atoms with Gasteiger partial charge in [0.05, 0.1) is 13.2 Å². The van der Waals surface area contributed by atoms with Crippen molar-refractivity contribution in [3.05, 3.63) is 52.5 Å². The maximum atomic E-state index is 12.6. The van der Waals surface area contributed by atoms with E-state index in [-0.39, 0.29) is 5.91 Å². The number of anilines is 1. The first-order valence-electron chi connectivity index (χ1n) is 8.41. The summed E-state index contributed by atoms with van der Waals surface area (Å²) in [4.78, 5) is 12.6. The van der Waals surface area contributed by atoms with E-state index in [9.17, 15) is 4.79 Å². The molecule has 27 heavy (non-hydrogen) atoms. The molecule has 0 unspecified atom stereocenters. The van der Waals surface area contributed by atoms with E-state index < -0.39 is 0 Å². The molecule has 2 aromatic carbocycles. The van der Waals surface area contributed by atoms with Crippen molar-refractivity contribution in [3.63, 3.8) is 0 Å². The monoisotopic (exact) mass is 447 g/mol. The van der Waals surface area contributed by atoms with Crippen LogP contribution in [0.2, 0.25) is 0 Å². The molecular formula is C19H18BrN3O3S. The number of benzene rings is 2. The van der Waals surface area contributed by atoms with Crippen LogP contribution in [-0.2, 0) is 0 Å². The summed E-state index contributed by atoms with van der Waals surface area (Å²) in [5.41, 5.74) is 1.40. The van der Waals surface area contributed by atoms with Crippen molar-refractivity contribution in [2.75, 3.05) is 18.5 Å². The van der Waals surface area contributed by atoms with Gasteiger partial charge in [0.2, 0.25) is 5.13 Å². The number of amides is 1. The summed E-state index contributed by atoms with van der Waals surface area (Å²) in [6.45, 7) is 4.79. The highest BCUT2D eigenvalue weighted by Gasteiger charge is 2.14. The topological polar surface area (TPSA) is 73.3 Å². The number of halogens is 1. The van der Waals surface area contributed by atoms with Crippen molar-refractivity contribution in [1.29, 1.82) is 0 Å². The van der Waals surface area contributed by atoms with Gasteiger partial charge in [0.25, 0.3) is 5.91 Å². The van der Waals surface area contributed by atoms with Crippen molar-refractivity contribution in [3.8, 4) is 22.1 Å². The average molecular weight is 448 g/mol. The number of carbonyl (C=O) groups excluding carboxylic acids is 1. The summed E-state index contributed by atoms with van der Waals surface area (Å²) in [5.74, 6) is 0.877. The summed E-state index contributed by atoms with van der Waals surface area (Å²) in [7, 11) is 0. The van der Waals surface area contributed by atoms with E-state index in [0.29, 0.717) is 35.4 Å². The van der Waals surface area contributed by atoms with Crippen LogP contribution in [-0.4, -0.2) is 29.3 Å². The molecule has 1 amide bonds. The quantitative estimate of drug-likeness (QED) is 0.550. The molecule has 0 radical (unpaired) electrons. The second-order valence-electron chi connectivity index (χ2n) is 5.40. The van der Waals surface area contributed by atoms with Crippen LogP contribution in [0.3, 0.4) is 0 Å². The third-order valence-corrected chi connectivity index (χ3v) is 4.96. The van der Waals surface area contributed by atoms with E-state index in [1.165, 1.54) is 11.3 Å². The lowest BCUT2D eigenvalue weighted by Crippen LogP contribution is -2.12. The Morgan fingerprint density at radius 2 is 1.74 bits per heavy atom. The van der Waals surface area contributed by atoms with Crippen molar-refractivity contribution in [1.82, 2.24) is 10.2 Å². The zero-order valence-corrected chi connectivity index (χ0v) is 17.3. The third kappa shape index (κ3) is 4.84. The maximum absolute atomic E-state index is 12.6. The molecule has 0 aliphatic rings. The second-order valence-corrected chi connectivity index (χ2v) is 7.29. The molecule has 0 aliphatic heterocycles. The van der Waals surface area contributed by atoms with Gasteiger partial charge in [0, 0.05) is 15.6 Å².